The van der Waals surface area contributed by atoms with Crippen molar-refractivity contribution in [2.45, 2.75) is 6.61 Å². The largest absolute Gasteiger partial charge is 0.452 e. The van der Waals surface area contributed by atoms with Crippen LogP contribution >= 0.6 is 0 Å². The molecule has 0 atom stereocenters. The molecule has 0 bridgehead atoms. The summed E-state index contributed by atoms with van der Waals surface area (Å²) in [4.78, 5) is 19.8. The average Bonchev–Trinajstić information content (AvgIpc) is 2.89. The Kier molecular flexibility index (Phi) is 3.04. The third kappa shape index (κ3) is 2.44. The first-order valence-corrected chi connectivity index (χ1v) is 5.94. The van der Waals surface area contributed by atoms with Gasteiger partial charge in [0, 0.05) is 23.5 Å². The quantitative estimate of drug-likeness (QED) is 0.578. The van der Waals surface area contributed by atoms with Crippen LogP contribution in [0.3, 0.4) is 0 Å². The van der Waals surface area contributed by atoms with Crippen LogP contribution in [0.25, 0.3) is 11.0 Å². The van der Waals surface area contributed by atoms with Gasteiger partial charge in [-0.05, 0) is 30.3 Å². The summed E-state index contributed by atoms with van der Waals surface area (Å²) in [6.45, 7) is -0.00113. The molecular formula is C14H11N3O3. The van der Waals surface area contributed by atoms with E-state index in [0.29, 0.717) is 17.1 Å². The number of carbonyl (C=O) groups is 1. The second-order valence-corrected chi connectivity index (χ2v) is 4.15. The van der Waals surface area contributed by atoms with Gasteiger partial charge in [-0.15, -0.1) is 0 Å². The smallest absolute Gasteiger partial charge is 0.374 e. The van der Waals surface area contributed by atoms with E-state index in [0.717, 1.165) is 5.39 Å². The second kappa shape index (κ2) is 5.00. The fourth-order valence-electron chi connectivity index (χ4n) is 1.77. The topological polar surface area (TPSA) is 91.2 Å². The number of rotatable bonds is 3. The van der Waals surface area contributed by atoms with Gasteiger partial charge in [-0.25, -0.2) is 14.8 Å². The van der Waals surface area contributed by atoms with Gasteiger partial charge in [-0.3, -0.25) is 0 Å². The number of nitrogens with two attached hydrogens (primary N) is 1. The van der Waals surface area contributed by atoms with E-state index in [1.165, 1.54) is 0 Å². The minimum atomic E-state index is -0.563. The van der Waals surface area contributed by atoms with Crippen LogP contribution in [0, 0.1) is 0 Å². The maximum Gasteiger partial charge on any atom is 0.374 e. The van der Waals surface area contributed by atoms with Crippen molar-refractivity contribution in [3.8, 4) is 0 Å². The monoisotopic (exact) mass is 269 g/mol. The highest BCUT2D eigenvalue weighted by Crippen LogP contribution is 2.22. The maximum atomic E-state index is 11.9. The molecule has 0 spiro atoms. The molecule has 0 aliphatic carbocycles. The molecule has 0 unspecified atom stereocenters. The van der Waals surface area contributed by atoms with E-state index in [9.17, 15) is 4.79 Å². The summed E-state index contributed by atoms with van der Waals surface area (Å²) < 4.78 is 10.5. The van der Waals surface area contributed by atoms with Crippen LogP contribution < -0.4 is 5.73 Å². The number of aromatic nitrogens is 2. The van der Waals surface area contributed by atoms with E-state index >= 15 is 0 Å². The summed E-state index contributed by atoms with van der Waals surface area (Å²) in [5, 5.41) is 0.757. The zero-order valence-electron chi connectivity index (χ0n) is 10.4. The number of hydrogen-bond donors (Lipinski definition) is 1. The SMILES string of the molecule is Nc1ccc2oc(C(=O)OCc3ncccn3)cc2c1. The lowest BCUT2D eigenvalue weighted by Crippen LogP contribution is -2.06. The second-order valence-electron chi connectivity index (χ2n) is 4.15. The zero-order valence-corrected chi connectivity index (χ0v) is 10.4. The third-order valence-corrected chi connectivity index (χ3v) is 2.69. The molecule has 3 rings (SSSR count). The first-order chi connectivity index (χ1) is 9.72. The van der Waals surface area contributed by atoms with Crippen LogP contribution in [0.2, 0.25) is 0 Å². The predicted molar refractivity (Wildman–Crippen MR) is 71.8 cm³/mol. The van der Waals surface area contributed by atoms with Gasteiger partial charge in [0.15, 0.2) is 12.4 Å². The summed E-state index contributed by atoms with van der Waals surface area (Å²) in [5.74, 6) is -0.00467. The van der Waals surface area contributed by atoms with Crippen molar-refractivity contribution in [1.82, 2.24) is 9.97 Å². The Morgan fingerprint density at radius 3 is 2.85 bits per heavy atom. The molecule has 2 N–H and O–H groups in total. The van der Waals surface area contributed by atoms with Gasteiger partial charge in [0.2, 0.25) is 5.76 Å². The minimum Gasteiger partial charge on any atom is -0.452 e. The molecule has 2 heterocycles. The highest BCUT2D eigenvalue weighted by Gasteiger charge is 2.14. The Morgan fingerprint density at radius 1 is 1.25 bits per heavy atom. The van der Waals surface area contributed by atoms with Gasteiger partial charge in [0.25, 0.3) is 0 Å². The molecule has 6 heteroatoms. The molecule has 0 aliphatic rings. The van der Waals surface area contributed by atoms with E-state index < -0.39 is 5.97 Å². The van der Waals surface area contributed by atoms with E-state index in [-0.39, 0.29) is 12.4 Å². The fourth-order valence-corrected chi connectivity index (χ4v) is 1.77. The number of furan rings is 1. The molecule has 100 valence electrons. The van der Waals surface area contributed by atoms with Gasteiger partial charge >= 0.3 is 5.97 Å². The average molecular weight is 269 g/mol. The summed E-state index contributed by atoms with van der Waals surface area (Å²) in [7, 11) is 0. The highest BCUT2D eigenvalue weighted by atomic mass is 16.5. The van der Waals surface area contributed by atoms with Gasteiger partial charge in [-0.2, -0.15) is 0 Å². The lowest BCUT2D eigenvalue weighted by molar-refractivity contribution is 0.0428. The molecule has 3 aromatic rings. The standard InChI is InChI=1S/C14H11N3O3/c15-10-2-3-11-9(6-10)7-12(20-11)14(18)19-8-13-16-4-1-5-17-13/h1-7H,8,15H2. The van der Waals surface area contributed by atoms with Crippen molar-refractivity contribution in [3.63, 3.8) is 0 Å². The molecule has 0 fully saturated rings. The molecule has 0 amide bonds. The molecule has 0 aliphatic heterocycles. The first kappa shape index (κ1) is 12.2. The molecule has 0 saturated heterocycles. The fraction of sp³-hybridized carbons (Fsp3) is 0.0714. The van der Waals surface area contributed by atoms with E-state index in [2.05, 4.69) is 9.97 Å². The number of fused-ring (bicyclic) bond motifs is 1. The van der Waals surface area contributed by atoms with E-state index in [4.69, 9.17) is 14.9 Å². The number of hydrogen-bond acceptors (Lipinski definition) is 6. The normalized spacial score (nSPS) is 10.6. The number of esters is 1. The van der Waals surface area contributed by atoms with Crippen LogP contribution in [0.1, 0.15) is 16.4 Å². The van der Waals surface area contributed by atoms with Crippen LogP contribution in [-0.2, 0) is 11.3 Å². The Bertz CT molecular complexity index is 753. The lowest BCUT2D eigenvalue weighted by atomic mass is 10.2. The van der Waals surface area contributed by atoms with Gasteiger partial charge < -0.3 is 14.9 Å². The molecule has 20 heavy (non-hydrogen) atoms. The lowest BCUT2D eigenvalue weighted by Gasteiger charge is -2.00. The van der Waals surface area contributed by atoms with Crippen LogP contribution in [-0.4, -0.2) is 15.9 Å². The summed E-state index contributed by atoms with van der Waals surface area (Å²) in [6.07, 6.45) is 3.17. The van der Waals surface area contributed by atoms with Crippen molar-refractivity contribution in [1.29, 1.82) is 0 Å². The summed E-state index contributed by atoms with van der Waals surface area (Å²) in [6, 6.07) is 8.44. The Hall–Kier alpha value is -2.89. The molecular weight excluding hydrogens is 258 g/mol. The summed E-state index contributed by atoms with van der Waals surface area (Å²) in [5.41, 5.74) is 6.86. The number of anilines is 1. The van der Waals surface area contributed by atoms with Crippen LogP contribution in [0.4, 0.5) is 5.69 Å². The Morgan fingerprint density at radius 2 is 2.05 bits per heavy atom. The zero-order chi connectivity index (χ0) is 13.9. The molecule has 0 saturated carbocycles. The number of benzene rings is 1. The van der Waals surface area contributed by atoms with Crippen molar-refractivity contribution in [3.05, 3.63) is 54.3 Å². The van der Waals surface area contributed by atoms with Gasteiger partial charge in [-0.1, -0.05) is 0 Å². The van der Waals surface area contributed by atoms with E-state index in [1.54, 1.807) is 42.7 Å². The molecule has 6 nitrogen and oxygen atoms in total. The Labute approximate surface area is 114 Å². The highest BCUT2D eigenvalue weighted by molar-refractivity contribution is 5.93. The van der Waals surface area contributed by atoms with Crippen LogP contribution in [0.5, 0.6) is 0 Å². The van der Waals surface area contributed by atoms with Crippen molar-refractivity contribution in [2.24, 2.45) is 0 Å². The summed E-state index contributed by atoms with van der Waals surface area (Å²) >= 11 is 0. The molecule has 2 aromatic heterocycles. The number of nitrogens with zero attached hydrogens (tertiary/aromatic N) is 2. The van der Waals surface area contributed by atoms with E-state index in [1.807, 2.05) is 0 Å². The molecule has 1 aromatic carbocycles. The van der Waals surface area contributed by atoms with Crippen molar-refractivity contribution < 1.29 is 13.9 Å². The number of nitrogen functional groups attached to an aromatic ring is 1. The van der Waals surface area contributed by atoms with Crippen molar-refractivity contribution in [2.75, 3.05) is 5.73 Å². The molecule has 0 radical (unpaired) electrons. The third-order valence-electron chi connectivity index (χ3n) is 2.69. The maximum absolute atomic E-state index is 11.9. The van der Waals surface area contributed by atoms with Gasteiger partial charge in [0.1, 0.15) is 5.58 Å². The minimum absolute atomic E-state index is 0.00113. The van der Waals surface area contributed by atoms with Crippen molar-refractivity contribution >= 4 is 22.6 Å². The number of carbonyl (C=O) groups excluding carboxylic acids is 1. The Balaban J connectivity index is 1.75. The number of ether oxygens (including phenoxy) is 1. The first-order valence-electron chi connectivity index (χ1n) is 5.94. The van der Waals surface area contributed by atoms with Crippen LogP contribution in [0.15, 0.2) is 47.1 Å². The predicted octanol–water partition coefficient (Wildman–Crippen LogP) is 2.16. The van der Waals surface area contributed by atoms with Gasteiger partial charge in [0.05, 0.1) is 0 Å².